The van der Waals surface area contributed by atoms with E-state index in [-0.39, 0.29) is 17.1 Å². The Kier molecular flexibility index (Phi) is 3.71. The van der Waals surface area contributed by atoms with Crippen molar-refractivity contribution >= 4 is 23.3 Å². The van der Waals surface area contributed by atoms with E-state index in [0.29, 0.717) is 35.9 Å². The zero-order valence-corrected chi connectivity index (χ0v) is 14.1. The van der Waals surface area contributed by atoms with Crippen molar-refractivity contribution < 1.29 is 9.59 Å². The molecule has 0 bridgehead atoms. The SMILES string of the molecule is CC1(C)C[C@]2(C=C(N)C1=O)CCN(C(=O)c1ccc(Cl)cn1)C2. The Bertz CT molecular complexity index is 696. The molecule has 1 spiro atoms. The van der Waals surface area contributed by atoms with Crippen LogP contribution in [0.5, 0.6) is 0 Å². The minimum absolute atomic E-state index is 0.00716. The van der Waals surface area contributed by atoms with Crippen LogP contribution in [0.3, 0.4) is 0 Å². The van der Waals surface area contributed by atoms with Crippen molar-refractivity contribution in [3.05, 3.63) is 40.8 Å². The number of carbonyl (C=O) groups excluding carboxylic acids is 2. The average Bonchev–Trinajstić information content (AvgIpc) is 2.88. The highest BCUT2D eigenvalue weighted by molar-refractivity contribution is 6.30. The normalized spacial score (nSPS) is 26.5. The number of allylic oxidation sites excluding steroid dienone is 1. The first-order valence-corrected chi connectivity index (χ1v) is 8.04. The molecule has 1 amide bonds. The van der Waals surface area contributed by atoms with Gasteiger partial charge in [-0.15, -0.1) is 0 Å². The van der Waals surface area contributed by atoms with Gasteiger partial charge in [-0.3, -0.25) is 9.59 Å². The van der Waals surface area contributed by atoms with Crippen LogP contribution in [-0.4, -0.2) is 34.7 Å². The van der Waals surface area contributed by atoms with Gasteiger partial charge >= 0.3 is 0 Å². The van der Waals surface area contributed by atoms with Gasteiger partial charge in [-0.1, -0.05) is 25.4 Å². The molecule has 122 valence electrons. The zero-order chi connectivity index (χ0) is 16.8. The third-order valence-electron chi connectivity index (χ3n) is 4.75. The molecule has 0 unspecified atom stereocenters. The van der Waals surface area contributed by atoms with E-state index in [9.17, 15) is 9.59 Å². The Morgan fingerprint density at radius 1 is 1.39 bits per heavy atom. The lowest BCUT2D eigenvalue weighted by molar-refractivity contribution is -0.125. The highest BCUT2D eigenvalue weighted by Crippen LogP contribution is 2.47. The number of carbonyl (C=O) groups is 2. The molecule has 1 aromatic heterocycles. The third kappa shape index (κ3) is 2.85. The topological polar surface area (TPSA) is 76.3 Å². The summed E-state index contributed by atoms with van der Waals surface area (Å²) >= 11 is 5.81. The number of nitrogens with two attached hydrogens (primary N) is 1. The summed E-state index contributed by atoms with van der Waals surface area (Å²) in [7, 11) is 0. The van der Waals surface area contributed by atoms with Crippen LogP contribution in [0.15, 0.2) is 30.1 Å². The molecular weight excluding hydrogens is 314 g/mol. The minimum Gasteiger partial charge on any atom is -0.396 e. The number of pyridine rings is 1. The van der Waals surface area contributed by atoms with Gasteiger partial charge in [0.1, 0.15) is 5.69 Å². The van der Waals surface area contributed by atoms with Crippen LogP contribution in [-0.2, 0) is 4.79 Å². The van der Waals surface area contributed by atoms with Crippen molar-refractivity contribution in [1.82, 2.24) is 9.88 Å². The van der Waals surface area contributed by atoms with E-state index >= 15 is 0 Å². The fourth-order valence-corrected chi connectivity index (χ4v) is 3.91. The van der Waals surface area contributed by atoms with E-state index in [1.807, 2.05) is 19.9 Å². The summed E-state index contributed by atoms with van der Waals surface area (Å²) in [5.74, 6) is -0.118. The number of likely N-dealkylation sites (tertiary alicyclic amines) is 1. The summed E-state index contributed by atoms with van der Waals surface area (Å²) in [6, 6.07) is 3.29. The fraction of sp³-hybridized carbons (Fsp3) is 0.471. The number of halogens is 1. The summed E-state index contributed by atoms with van der Waals surface area (Å²) in [5, 5.41) is 0.502. The second kappa shape index (κ2) is 5.34. The molecule has 3 rings (SSSR count). The Balaban J connectivity index is 1.82. The molecular formula is C17H20ClN3O2. The van der Waals surface area contributed by atoms with Crippen LogP contribution < -0.4 is 5.73 Å². The standard InChI is InChI=1S/C17H20ClN3O2/c1-16(2)9-17(7-12(19)14(16)22)5-6-21(10-17)15(23)13-4-3-11(18)8-20-13/h3-4,7-8H,5-6,9-10,19H2,1-2H3/t17-/m1/s1. The van der Waals surface area contributed by atoms with Gasteiger partial charge in [0.15, 0.2) is 5.78 Å². The Morgan fingerprint density at radius 2 is 2.13 bits per heavy atom. The number of hydrogen-bond acceptors (Lipinski definition) is 4. The Morgan fingerprint density at radius 3 is 2.74 bits per heavy atom. The van der Waals surface area contributed by atoms with Crippen LogP contribution in [0.2, 0.25) is 5.02 Å². The van der Waals surface area contributed by atoms with Gasteiger partial charge in [-0.05, 0) is 31.1 Å². The lowest BCUT2D eigenvalue weighted by Gasteiger charge is -2.39. The molecule has 1 aliphatic carbocycles. The van der Waals surface area contributed by atoms with Gasteiger partial charge < -0.3 is 10.6 Å². The van der Waals surface area contributed by atoms with E-state index in [1.165, 1.54) is 6.20 Å². The highest BCUT2D eigenvalue weighted by atomic mass is 35.5. The molecule has 0 saturated carbocycles. The quantitative estimate of drug-likeness (QED) is 0.856. The first-order valence-electron chi connectivity index (χ1n) is 7.66. The summed E-state index contributed by atoms with van der Waals surface area (Å²) in [5.41, 5.74) is 5.93. The van der Waals surface area contributed by atoms with Crippen LogP contribution in [0, 0.1) is 10.8 Å². The number of hydrogen-bond donors (Lipinski definition) is 1. The maximum absolute atomic E-state index is 12.6. The number of rotatable bonds is 1. The molecule has 6 heteroatoms. The summed E-state index contributed by atoms with van der Waals surface area (Å²) in [6.07, 6.45) is 4.85. The molecule has 1 saturated heterocycles. The molecule has 2 heterocycles. The van der Waals surface area contributed by atoms with Crippen LogP contribution >= 0.6 is 11.6 Å². The summed E-state index contributed by atoms with van der Waals surface area (Å²) in [6.45, 7) is 5.04. The van der Waals surface area contributed by atoms with E-state index in [4.69, 9.17) is 17.3 Å². The second-order valence-corrected chi connectivity index (χ2v) is 7.63. The summed E-state index contributed by atoms with van der Waals surface area (Å²) in [4.78, 5) is 30.6. The predicted octanol–water partition coefficient (Wildman–Crippen LogP) is 2.41. The average molecular weight is 334 g/mol. The van der Waals surface area contributed by atoms with Gasteiger partial charge in [0.05, 0.1) is 10.7 Å². The Hall–Kier alpha value is -1.88. The molecule has 2 aliphatic rings. The highest BCUT2D eigenvalue weighted by Gasteiger charge is 2.48. The van der Waals surface area contributed by atoms with Gasteiger partial charge in [0, 0.05) is 30.1 Å². The first-order chi connectivity index (χ1) is 10.7. The van der Waals surface area contributed by atoms with Gasteiger partial charge in [-0.25, -0.2) is 4.98 Å². The molecule has 1 aliphatic heterocycles. The van der Waals surface area contributed by atoms with Crippen molar-refractivity contribution in [2.75, 3.05) is 13.1 Å². The van der Waals surface area contributed by atoms with Crippen molar-refractivity contribution in [3.63, 3.8) is 0 Å². The van der Waals surface area contributed by atoms with E-state index < -0.39 is 5.41 Å². The number of Topliss-reactive ketones (excluding diaryl/α,β-unsaturated/α-hetero) is 1. The molecule has 0 radical (unpaired) electrons. The smallest absolute Gasteiger partial charge is 0.272 e. The largest absolute Gasteiger partial charge is 0.396 e. The molecule has 23 heavy (non-hydrogen) atoms. The van der Waals surface area contributed by atoms with Crippen LogP contribution in [0.1, 0.15) is 37.2 Å². The maximum atomic E-state index is 12.6. The van der Waals surface area contributed by atoms with Gasteiger partial charge in [0.25, 0.3) is 5.91 Å². The lowest BCUT2D eigenvalue weighted by atomic mass is 9.65. The first kappa shape index (κ1) is 16.0. The van der Waals surface area contributed by atoms with Crippen molar-refractivity contribution in [2.45, 2.75) is 26.7 Å². The van der Waals surface area contributed by atoms with Gasteiger partial charge in [-0.2, -0.15) is 0 Å². The van der Waals surface area contributed by atoms with Crippen LogP contribution in [0.4, 0.5) is 0 Å². The molecule has 0 aromatic carbocycles. The zero-order valence-electron chi connectivity index (χ0n) is 13.3. The lowest BCUT2D eigenvalue weighted by Crippen LogP contribution is -2.42. The number of amides is 1. The third-order valence-corrected chi connectivity index (χ3v) is 4.98. The van der Waals surface area contributed by atoms with E-state index in [2.05, 4.69) is 4.98 Å². The predicted molar refractivity (Wildman–Crippen MR) is 87.9 cm³/mol. The number of aromatic nitrogens is 1. The van der Waals surface area contributed by atoms with Crippen LogP contribution in [0.25, 0.3) is 0 Å². The van der Waals surface area contributed by atoms with E-state index in [0.717, 1.165) is 6.42 Å². The minimum atomic E-state index is -0.490. The van der Waals surface area contributed by atoms with Crippen molar-refractivity contribution in [1.29, 1.82) is 0 Å². The van der Waals surface area contributed by atoms with Gasteiger partial charge in [0.2, 0.25) is 0 Å². The second-order valence-electron chi connectivity index (χ2n) is 7.19. The number of nitrogens with zero attached hydrogens (tertiary/aromatic N) is 2. The number of ketones is 1. The maximum Gasteiger partial charge on any atom is 0.272 e. The van der Waals surface area contributed by atoms with E-state index in [1.54, 1.807) is 17.0 Å². The molecule has 1 fully saturated rings. The monoisotopic (exact) mass is 333 g/mol. The van der Waals surface area contributed by atoms with Crippen molar-refractivity contribution in [2.24, 2.45) is 16.6 Å². The molecule has 1 atom stereocenters. The Labute approximate surface area is 140 Å². The molecule has 1 aromatic rings. The molecule has 5 nitrogen and oxygen atoms in total. The summed E-state index contributed by atoms with van der Waals surface area (Å²) < 4.78 is 0. The fourth-order valence-electron chi connectivity index (χ4n) is 3.79. The molecule has 2 N–H and O–H groups in total. The van der Waals surface area contributed by atoms with Crippen molar-refractivity contribution in [3.8, 4) is 0 Å².